The lowest BCUT2D eigenvalue weighted by Gasteiger charge is -2.02. The summed E-state index contributed by atoms with van der Waals surface area (Å²) in [6.07, 6.45) is 5.52. The van der Waals surface area contributed by atoms with Crippen LogP contribution >= 0.6 is 11.3 Å². The van der Waals surface area contributed by atoms with Crippen LogP contribution in [0.15, 0.2) is 18.6 Å². The van der Waals surface area contributed by atoms with Crippen LogP contribution in [0.1, 0.15) is 5.56 Å². The monoisotopic (exact) mass is 223 g/mol. The molecule has 0 atom stereocenters. The molecule has 15 heavy (non-hydrogen) atoms. The number of thiazole rings is 1. The van der Waals surface area contributed by atoms with E-state index < -0.39 is 0 Å². The van der Waals surface area contributed by atoms with E-state index in [0.29, 0.717) is 0 Å². The van der Waals surface area contributed by atoms with Crippen LogP contribution in [0.25, 0.3) is 0 Å². The summed E-state index contributed by atoms with van der Waals surface area (Å²) >= 11 is 1.45. The van der Waals surface area contributed by atoms with E-state index in [9.17, 15) is 0 Å². The third-order valence-electron chi connectivity index (χ3n) is 1.90. The van der Waals surface area contributed by atoms with Gasteiger partial charge in [0, 0.05) is 12.7 Å². The molecule has 0 amide bonds. The second-order valence-electron chi connectivity index (χ2n) is 3.28. The van der Waals surface area contributed by atoms with E-state index in [4.69, 9.17) is 5.73 Å². The number of rotatable bonds is 4. The first-order valence-electron chi connectivity index (χ1n) is 4.68. The topological polar surface area (TPSA) is 68.8 Å². The normalized spacial score (nSPS) is 10.5. The third-order valence-corrected chi connectivity index (χ3v) is 2.69. The molecule has 0 saturated carbocycles. The van der Waals surface area contributed by atoms with Gasteiger partial charge < -0.3 is 11.1 Å². The summed E-state index contributed by atoms with van der Waals surface area (Å²) in [4.78, 5) is 4.10. The largest absolute Gasteiger partial charge is 0.389 e. The highest BCUT2D eigenvalue weighted by molar-refractivity contribution is 7.19. The van der Waals surface area contributed by atoms with Crippen molar-refractivity contribution in [1.29, 1.82) is 0 Å². The molecule has 2 rings (SSSR count). The predicted octanol–water partition coefficient (Wildman–Crippen LogP) is 1.34. The zero-order valence-corrected chi connectivity index (χ0v) is 9.29. The molecular formula is C9H13N5S. The Morgan fingerprint density at radius 1 is 1.53 bits per heavy atom. The Bertz CT molecular complexity index is 393. The van der Waals surface area contributed by atoms with Gasteiger partial charge in [-0.1, -0.05) is 11.3 Å². The van der Waals surface area contributed by atoms with E-state index in [1.165, 1.54) is 16.9 Å². The van der Waals surface area contributed by atoms with Gasteiger partial charge in [0.1, 0.15) is 5.00 Å². The number of nitrogen functional groups attached to an aromatic ring is 1. The first-order chi connectivity index (χ1) is 7.24. The molecule has 0 bridgehead atoms. The fraction of sp³-hybridized carbons (Fsp3) is 0.333. The highest BCUT2D eigenvalue weighted by Crippen LogP contribution is 2.18. The van der Waals surface area contributed by atoms with Crippen molar-refractivity contribution in [2.75, 3.05) is 17.6 Å². The maximum atomic E-state index is 5.56. The van der Waals surface area contributed by atoms with Crippen molar-refractivity contribution in [3.05, 3.63) is 24.2 Å². The molecule has 80 valence electrons. The number of hydrogen-bond acceptors (Lipinski definition) is 5. The Kier molecular flexibility index (Phi) is 2.86. The molecule has 6 heteroatoms. The second kappa shape index (κ2) is 4.31. The zero-order chi connectivity index (χ0) is 10.7. The van der Waals surface area contributed by atoms with Gasteiger partial charge in [-0.2, -0.15) is 5.10 Å². The Morgan fingerprint density at radius 2 is 2.40 bits per heavy atom. The summed E-state index contributed by atoms with van der Waals surface area (Å²) in [6.45, 7) is 3.65. The van der Waals surface area contributed by atoms with Gasteiger partial charge >= 0.3 is 0 Å². The van der Waals surface area contributed by atoms with Gasteiger partial charge in [-0.15, -0.1) is 0 Å². The molecular weight excluding hydrogens is 210 g/mol. The van der Waals surface area contributed by atoms with E-state index >= 15 is 0 Å². The molecule has 0 fully saturated rings. The van der Waals surface area contributed by atoms with Crippen LogP contribution < -0.4 is 11.1 Å². The highest BCUT2D eigenvalue weighted by atomic mass is 32.1. The summed E-state index contributed by atoms with van der Waals surface area (Å²) in [5.41, 5.74) is 6.74. The molecule has 0 aliphatic heterocycles. The first-order valence-corrected chi connectivity index (χ1v) is 5.50. The van der Waals surface area contributed by atoms with E-state index in [2.05, 4.69) is 15.4 Å². The van der Waals surface area contributed by atoms with Gasteiger partial charge in [-0.3, -0.25) is 4.68 Å². The van der Waals surface area contributed by atoms with Crippen molar-refractivity contribution in [3.8, 4) is 0 Å². The SMILES string of the molecule is Cc1cnn(CCNc2ncc(N)s2)c1. The quantitative estimate of drug-likeness (QED) is 0.820. The van der Waals surface area contributed by atoms with Gasteiger partial charge in [0.05, 0.1) is 18.9 Å². The van der Waals surface area contributed by atoms with Gasteiger partial charge in [-0.05, 0) is 12.5 Å². The summed E-state index contributed by atoms with van der Waals surface area (Å²) in [5.74, 6) is 0. The Morgan fingerprint density at radius 3 is 3.00 bits per heavy atom. The summed E-state index contributed by atoms with van der Waals surface area (Å²) in [6, 6.07) is 0. The first kappa shape index (κ1) is 9.97. The van der Waals surface area contributed by atoms with Crippen LogP contribution in [0, 0.1) is 6.92 Å². The molecule has 0 saturated heterocycles. The van der Waals surface area contributed by atoms with Crippen molar-refractivity contribution in [1.82, 2.24) is 14.8 Å². The third kappa shape index (κ3) is 2.69. The molecule has 0 radical (unpaired) electrons. The van der Waals surface area contributed by atoms with Gasteiger partial charge in [0.2, 0.25) is 0 Å². The van der Waals surface area contributed by atoms with Crippen molar-refractivity contribution in [2.24, 2.45) is 0 Å². The molecule has 0 aromatic carbocycles. The van der Waals surface area contributed by atoms with Gasteiger partial charge in [0.15, 0.2) is 5.13 Å². The molecule has 3 N–H and O–H groups in total. The Labute approximate surface area is 91.9 Å². The maximum Gasteiger partial charge on any atom is 0.184 e. The van der Waals surface area contributed by atoms with Crippen LogP contribution in [-0.4, -0.2) is 21.3 Å². The van der Waals surface area contributed by atoms with Crippen LogP contribution in [0.5, 0.6) is 0 Å². The number of nitrogens with zero attached hydrogens (tertiary/aromatic N) is 3. The lowest BCUT2D eigenvalue weighted by Crippen LogP contribution is -2.10. The molecule has 0 aliphatic rings. The minimum absolute atomic E-state index is 0.729. The minimum atomic E-state index is 0.729. The van der Waals surface area contributed by atoms with Crippen LogP contribution in [0.4, 0.5) is 10.1 Å². The van der Waals surface area contributed by atoms with Crippen molar-refractivity contribution in [3.63, 3.8) is 0 Å². The Hall–Kier alpha value is -1.56. The number of anilines is 2. The van der Waals surface area contributed by atoms with Gasteiger partial charge in [-0.25, -0.2) is 4.98 Å². The lowest BCUT2D eigenvalue weighted by molar-refractivity contribution is 0.637. The zero-order valence-electron chi connectivity index (χ0n) is 8.47. The predicted molar refractivity (Wildman–Crippen MR) is 62.0 cm³/mol. The van der Waals surface area contributed by atoms with Crippen LogP contribution in [-0.2, 0) is 6.54 Å². The molecule has 2 heterocycles. The number of aryl methyl sites for hydroxylation is 1. The van der Waals surface area contributed by atoms with Crippen molar-refractivity contribution < 1.29 is 0 Å². The molecule has 0 aliphatic carbocycles. The van der Waals surface area contributed by atoms with Crippen molar-refractivity contribution in [2.45, 2.75) is 13.5 Å². The Balaban J connectivity index is 1.80. The van der Waals surface area contributed by atoms with Crippen LogP contribution in [0.3, 0.4) is 0 Å². The molecule has 0 spiro atoms. The maximum absolute atomic E-state index is 5.56. The van der Waals surface area contributed by atoms with E-state index in [0.717, 1.165) is 23.2 Å². The number of hydrogen-bond donors (Lipinski definition) is 2. The summed E-state index contributed by atoms with van der Waals surface area (Å²) < 4.78 is 1.90. The molecule has 5 nitrogen and oxygen atoms in total. The minimum Gasteiger partial charge on any atom is -0.389 e. The molecule has 2 aromatic rings. The van der Waals surface area contributed by atoms with E-state index in [1.807, 2.05) is 24.0 Å². The number of nitrogens with one attached hydrogen (secondary N) is 1. The average molecular weight is 223 g/mol. The fourth-order valence-electron chi connectivity index (χ4n) is 1.23. The highest BCUT2D eigenvalue weighted by Gasteiger charge is 1.98. The van der Waals surface area contributed by atoms with E-state index in [1.54, 1.807) is 6.20 Å². The van der Waals surface area contributed by atoms with Crippen molar-refractivity contribution >= 4 is 21.5 Å². The lowest BCUT2D eigenvalue weighted by atomic mass is 10.4. The number of aromatic nitrogens is 3. The second-order valence-corrected chi connectivity index (χ2v) is 4.34. The fourth-order valence-corrected chi connectivity index (χ4v) is 1.84. The number of nitrogens with two attached hydrogens (primary N) is 1. The molecule has 2 aromatic heterocycles. The van der Waals surface area contributed by atoms with Crippen LogP contribution in [0.2, 0.25) is 0 Å². The smallest absolute Gasteiger partial charge is 0.184 e. The average Bonchev–Trinajstić information content (AvgIpc) is 2.76. The summed E-state index contributed by atoms with van der Waals surface area (Å²) in [7, 11) is 0. The standard InChI is InChI=1S/C9H13N5S/c1-7-4-13-14(6-7)3-2-11-9-12-5-8(10)15-9/h4-6H,2-3,10H2,1H3,(H,11,12). The van der Waals surface area contributed by atoms with E-state index in [-0.39, 0.29) is 0 Å². The van der Waals surface area contributed by atoms with Gasteiger partial charge in [0.25, 0.3) is 0 Å². The molecule has 0 unspecified atom stereocenters. The summed E-state index contributed by atoms with van der Waals surface area (Å²) in [5, 5.41) is 8.96.